The zero-order chi connectivity index (χ0) is 12.3. The second-order valence-electron chi connectivity index (χ2n) is 4.51. The van der Waals surface area contributed by atoms with Gasteiger partial charge in [0.1, 0.15) is 5.82 Å². The maximum Gasteiger partial charge on any atom is 0.221 e. The molecule has 1 aliphatic heterocycles. The number of rotatable bonds is 4. The van der Waals surface area contributed by atoms with Gasteiger partial charge in [-0.3, -0.25) is 0 Å². The van der Waals surface area contributed by atoms with Gasteiger partial charge in [0.05, 0.1) is 6.10 Å². The highest BCUT2D eigenvalue weighted by Crippen LogP contribution is 2.24. The number of ether oxygens (including phenoxy) is 1. The van der Waals surface area contributed by atoms with E-state index in [1.807, 2.05) is 6.92 Å². The molecule has 2 unspecified atom stereocenters. The number of hydrogen-bond acceptors (Lipinski definition) is 5. The van der Waals surface area contributed by atoms with E-state index in [0.717, 1.165) is 37.4 Å². The molecule has 2 atom stereocenters. The average Bonchev–Trinajstić information content (AvgIpc) is 2.77. The zero-order valence-corrected chi connectivity index (χ0v) is 10.4. The molecule has 0 spiro atoms. The first-order chi connectivity index (χ1) is 8.20. The SMILES string of the molecule is CCC1OCCC1CNc1nc(N)ncc1C. The number of nitrogen functional groups attached to an aromatic ring is 1. The first-order valence-electron chi connectivity index (χ1n) is 6.15. The monoisotopic (exact) mass is 236 g/mol. The fraction of sp³-hybridized carbons (Fsp3) is 0.667. The van der Waals surface area contributed by atoms with Crippen LogP contribution in [0.3, 0.4) is 0 Å². The molecule has 2 rings (SSSR count). The van der Waals surface area contributed by atoms with Crippen molar-refractivity contribution < 1.29 is 4.74 Å². The molecule has 5 nitrogen and oxygen atoms in total. The lowest BCUT2D eigenvalue weighted by Crippen LogP contribution is -2.23. The lowest BCUT2D eigenvalue weighted by Gasteiger charge is -2.18. The number of nitrogens with two attached hydrogens (primary N) is 1. The molecule has 1 saturated heterocycles. The third-order valence-electron chi connectivity index (χ3n) is 3.27. The minimum atomic E-state index is 0.313. The lowest BCUT2D eigenvalue weighted by molar-refractivity contribution is 0.0900. The maximum atomic E-state index is 5.66. The molecular formula is C12H20N4O. The van der Waals surface area contributed by atoms with Crippen molar-refractivity contribution in [3.05, 3.63) is 11.8 Å². The van der Waals surface area contributed by atoms with Gasteiger partial charge in [-0.1, -0.05) is 6.92 Å². The van der Waals surface area contributed by atoms with Crippen LogP contribution in [0.5, 0.6) is 0 Å². The Morgan fingerprint density at radius 3 is 3.18 bits per heavy atom. The van der Waals surface area contributed by atoms with Crippen LogP contribution >= 0.6 is 0 Å². The summed E-state index contributed by atoms with van der Waals surface area (Å²) in [5.41, 5.74) is 6.60. The first-order valence-corrected chi connectivity index (χ1v) is 6.15. The van der Waals surface area contributed by atoms with Crippen molar-refractivity contribution in [3.63, 3.8) is 0 Å². The van der Waals surface area contributed by atoms with Crippen molar-refractivity contribution in [1.29, 1.82) is 0 Å². The average molecular weight is 236 g/mol. The summed E-state index contributed by atoms with van der Waals surface area (Å²) in [5, 5.41) is 3.35. The molecule has 0 aromatic carbocycles. The van der Waals surface area contributed by atoms with E-state index in [9.17, 15) is 0 Å². The predicted octanol–water partition coefficient (Wildman–Crippen LogP) is 1.59. The highest BCUT2D eigenvalue weighted by Gasteiger charge is 2.26. The molecule has 1 aromatic rings. The molecular weight excluding hydrogens is 216 g/mol. The summed E-state index contributed by atoms with van der Waals surface area (Å²) in [6, 6.07) is 0. The number of aromatic nitrogens is 2. The Morgan fingerprint density at radius 1 is 1.59 bits per heavy atom. The third-order valence-corrected chi connectivity index (χ3v) is 3.27. The van der Waals surface area contributed by atoms with E-state index in [1.54, 1.807) is 6.20 Å². The summed E-state index contributed by atoms with van der Waals surface area (Å²) in [6.07, 6.45) is 4.30. The Hall–Kier alpha value is -1.36. The van der Waals surface area contributed by atoms with E-state index in [1.165, 1.54) is 0 Å². The van der Waals surface area contributed by atoms with Crippen LogP contribution in [0.2, 0.25) is 0 Å². The van der Waals surface area contributed by atoms with Gasteiger partial charge >= 0.3 is 0 Å². The molecule has 1 aliphatic rings. The number of aryl methyl sites for hydroxylation is 1. The quantitative estimate of drug-likeness (QED) is 0.830. The second-order valence-corrected chi connectivity index (χ2v) is 4.51. The fourth-order valence-corrected chi connectivity index (χ4v) is 2.24. The normalized spacial score (nSPS) is 23.9. The van der Waals surface area contributed by atoms with Gasteiger partial charge in [-0.2, -0.15) is 4.98 Å². The van der Waals surface area contributed by atoms with Crippen molar-refractivity contribution in [1.82, 2.24) is 9.97 Å². The van der Waals surface area contributed by atoms with Crippen LogP contribution in [0.4, 0.5) is 11.8 Å². The highest BCUT2D eigenvalue weighted by molar-refractivity contribution is 5.45. The summed E-state index contributed by atoms with van der Waals surface area (Å²) in [4.78, 5) is 8.15. The Balaban J connectivity index is 1.95. The molecule has 1 aromatic heterocycles. The number of anilines is 2. The van der Waals surface area contributed by atoms with E-state index in [-0.39, 0.29) is 0 Å². The van der Waals surface area contributed by atoms with E-state index in [0.29, 0.717) is 18.0 Å². The summed E-state index contributed by atoms with van der Waals surface area (Å²) in [7, 11) is 0. The van der Waals surface area contributed by atoms with Crippen LogP contribution in [0.1, 0.15) is 25.3 Å². The summed E-state index contributed by atoms with van der Waals surface area (Å²) in [6.45, 7) is 5.90. The van der Waals surface area contributed by atoms with Gasteiger partial charge in [0, 0.05) is 30.8 Å². The molecule has 0 aliphatic carbocycles. The van der Waals surface area contributed by atoms with Crippen molar-refractivity contribution in [3.8, 4) is 0 Å². The summed E-state index contributed by atoms with van der Waals surface area (Å²) >= 11 is 0. The molecule has 0 amide bonds. The van der Waals surface area contributed by atoms with Gasteiger partial charge in [0.2, 0.25) is 5.95 Å². The van der Waals surface area contributed by atoms with E-state index >= 15 is 0 Å². The van der Waals surface area contributed by atoms with Crippen molar-refractivity contribution >= 4 is 11.8 Å². The number of nitrogens with zero attached hydrogens (tertiary/aromatic N) is 2. The van der Waals surface area contributed by atoms with E-state index < -0.39 is 0 Å². The van der Waals surface area contributed by atoms with Crippen LogP contribution in [0, 0.1) is 12.8 Å². The van der Waals surface area contributed by atoms with Crippen molar-refractivity contribution in [2.24, 2.45) is 5.92 Å². The van der Waals surface area contributed by atoms with E-state index in [4.69, 9.17) is 10.5 Å². The van der Waals surface area contributed by atoms with Crippen LogP contribution in [-0.2, 0) is 4.74 Å². The van der Waals surface area contributed by atoms with E-state index in [2.05, 4.69) is 22.2 Å². The third kappa shape index (κ3) is 2.85. The largest absolute Gasteiger partial charge is 0.378 e. The molecule has 3 N–H and O–H groups in total. The molecule has 0 radical (unpaired) electrons. The molecule has 0 saturated carbocycles. The van der Waals surface area contributed by atoms with Gasteiger partial charge in [-0.25, -0.2) is 4.98 Å². The van der Waals surface area contributed by atoms with Crippen LogP contribution in [-0.4, -0.2) is 29.2 Å². The molecule has 17 heavy (non-hydrogen) atoms. The highest BCUT2D eigenvalue weighted by atomic mass is 16.5. The second kappa shape index (κ2) is 5.31. The van der Waals surface area contributed by atoms with Crippen molar-refractivity contribution in [2.45, 2.75) is 32.8 Å². The van der Waals surface area contributed by atoms with Gasteiger partial charge in [-0.05, 0) is 19.8 Å². The van der Waals surface area contributed by atoms with Crippen LogP contribution in [0.25, 0.3) is 0 Å². The fourth-order valence-electron chi connectivity index (χ4n) is 2.24. The number of hydrogen-bond donors (Lipinski definition) is 2. The Bertz CT molecular complexity index is 383. The number of nitrogens with one attached hydrogen (secondary N) is 1. The Labute approximate surface area is 102 Å². The lowest BCUT2D eigenvalue weighted by atomic mass is 10.00. The molecule has 94 valence electrons. The Kier molecular flexibility index (Phi) is 3.78. The van der Waals surface area contributed by atoms with Gasteiger partial charge in [0.25, 0.3) is 0 Å². The first kappa shape index (κ1) is 12.1. The molecule has 1 fully saturated rings. The standard InChI is InChI=1S/C12H20N4O/c1-3-10-9(4-5-17-10)7-14-11-8(2)6-15-12(13)16-11/h6,9-10H,3-5,7H2,1-2H3,(H3,13,14,15,16). The minimum Gasteiger partial charge on any atom is -0.378 e. The Morgan fingerprint density at radius 2 is 2.41 bits per heavy atom. The molecule has 5 heteroatoms. The van der Waals surface area contributed by atoms with Gasteiger partial charge in [0.15, 0.2) is 0 Å². The predicted molar refractivity (Wildman–Crippen MR) is 67.8 cm³/mol. The molecule has 2 heterocycles. The van der Waals surface area contributed by atoms with Gasteiger partial charge in [-0.15, -0.1) is 0 Å². The topological polar surface area (TPSA) is 73.1 Å². The maximum absolute atomic E-state index is 5.66. The minimum absolute atomic E-state index is 0.313. The molecule has 0 bridgehead atoms. The smallest absolute Gasteiger partial charge is 0.221 e. The van der Waals surface area contributed by atoms with Crippen LogP contribution in [0.15, 0.2) is 6.20 Å². The van der Waals surface area contributed by atoms with Crippen LogP contribution < -0.4 is 11.1 Å². The summed E-state index contributed by atoms with van der Waals surface area (Å²) < 4.78 is 5.66. The summed E-state index contributed by atoms with van der Waals surface area (Å²) in [5.74, 6) is 1.71. The van der Waals surface area contributed by atoms with Crippen molar-refractivity contribution in [2.75, 3.05) is 24.2 Å². The van der Waals surface area contributed by atoms with Gasteiger partial charge < -0.3 is 15.8 Å². The zero-order valence-electron chi connectivity index (χ0n) is 10.4.